The molecule has 1 aliphatic heterocycles. The monoisotopic (exact) mass is 950 g/mol. The van der Waals surface area contributed by atoms with Crippen molar-refractivity contribution in [1.82, 2.24) is 5.32 Å². The Hall–Kier alpha value is -1.93. The fourth-order valence-corrected chi connectivity index (χ4v) is 8.53. The Morgan fingerprint density at radius 2 is 0.896 bits per heavy atom. The molecule has 8 N–H and O–H groups in total. The molecule has 0 aromatic rings. The predicted molar refractivity (Wildman–Crippen MR) is 275 cm³/mol. The molecule has 11 heteroatoms. The maximum Gasteiger partial charge on any atom is 0.249 e. The van der Waals surface area contributed by atoms with Gasteiger partial charge >= 0.3 is 0 Å². The summed E-state index contributed by atoms with van der Waals surface area (Å²) in [6, 6.07) is -1.20. The number of carbonyl (C=O) groups is 1. The van der Waals surface area contributed by atoms with Gasteiger partial charge in [0.15, 0.2) is 6.29 Å². The first-order valence-electron chi connectivity index (χ1n) is 27.5. The normalized spacial score (nSPS) is 21.0. The van der Waals surface area contributed by atoms with Crippen LogP contribution in [0.5, 0.6) is 0 Å². The van der Waals surface area contributed by atoms with Crippen LogP contribution in [0.4, 0.5) is 0 Å². The van der Waals surface area contributed by atoms with Crippen LogP contribution in [0, 0.1) is 0 Å². The van der Waals surface area contributed by atoms with E-state index >= 15 is 0 Å². The molecular formula is C56H103NO10. The van der Waals surface area contributed by atoms with Crippen LogP contribution >= 0.6 is 0 Å². The lowest BCUT2D eigenvalue weighted by Gasteiger charge is -2.40. The van der Waals surface area contributed by atoms with Crippen LogP contribution < -0.4 is 5.32 Å². The first-order chi connectivity index (χ1) is 32.7. The molecule has 9 atom stereocenters. The Balaban J connectivity index is 2.39. The maximum absolute atomic E-state index is 13.1. The van der Waals surface area contributed by atoms with Gasteiger partial charge in [-0.2, -0.15) is 0 Å². The molecule has 1 amide bonds. The van der Waals surface area contributed by atoms with Gasteiger partial charge in [0.2, 0.25) is 5.91 Å². The number of carbonyl (C=O) groups excluding carboxylic acids is 1. The number of rotatable bonds is 46. The van der Waals surface area contributed by atoms with Crippen molar-refractivity contribution in [1.29, 1.82) is 0 Å². The lowest BCUT2D eigenvalue weighted by molar-refractivity contribution is -0.303. The van der Waals surface area contributed by atoms with Crippen LogP contribution in [0.3, 0.4) is 0 Å². The van der Waals surface area contributed by atoms with Gasteiger partial charge in [-0.3, -0.25) is 4.79 Å². The summed E-state index contributed by atoms with van der Waals surface area (Å²) in [6.45, 7) is 3.43. The zero-order valence-corrected chi connectivity index (χ0v) is 42.6. The number of nitrogens with one attached hydrogen (secondary N) is 1. The molecule has 0 saturated carbocycles. The van der Waals surface area contributed by atoms with Gasteiger partial charge in [0, 0.05) is 0 Å². The minimum Gasteiger partial charge on any atom is -0.394 e. The van der Waals surface area contributed by atoms with E-state index in [9.17, 15) is 40.5 Å². The first kappa shape index (κ1) is 63.1. The molecule has 1 fully saturated rings. The zero-order valence-electron chi connectivity index (χ0n) is 42.6. The smallest absolute Gasteiger partial charge is 0.249 e. The van der Waals surface area contributed by atoms with Crippen molar-refractivity contribution in [3.8, 4) is 0 Å². The highest BCUT2D eigenvalue weighted by Gasteiger charge is 2.44. The van der Waals surface area contributed by atoms with Gasteiger partial charge in [-0.25, -0.2) is 0 Å². The number of unbranched alkanes of at least 4 members (excludes halogenated alkanes) is 26. The predicted octanol–water partition coefficient (Wildman–Crippen LogP) is 10.9. The van der Waals surface area contributed by atoms with Gasteiger partial charge in [0.25, 0.3) is 0 Å². The van der Waals surface area contributed by atoms with E-state index in [-0.39, 0.29) is 12.8 Å². The van der Waals surface area contributed by atoms with Crippen LogP contribution in [0.2, 0.25) is 0 Å². The van der Waals surface area contributed by atoms with Gasteiger partial charge < -0.3 is 50.5 Å². The number of hydrogen-bond acceptors (Lipinski definition) is 10. The average molecular weight is 950 g/mol. The van der Waals surface area contributed by atoms with Gasteiger partial charge in [0.1, 0.15) is 36.6 Å². The Morgan fingerprint density at radius 3 is 1.33 bits per heavy atom. The van der Waals surface area contributed by atoms with Crippen molar-refractivity contribution >= 4 is 5.91 Å². The Kier molecular flexibility index (Phi) is 42.6. The third-order valence-corrected chi connectivity index (χ3v) is 13.1. The molecule has 1 aliphatic rings. The highest BCUT2D eigenvalue weighted by atomic mass is 16.7. The van der Waals surface area contributed by atoms with Crippen LogP contribution in [0.15, 0.2) is 48.6 Å². The van der Waals surface area contributed by atoms with E-state index in [0.29, 0.717) is 19.3 Å². The summed E-state index contributed by atoms with van der Waals surface area (Å²) >= 11 is 0. The fourth-order valence-electron chi connectivity index (χ4n) is 8.53. The molecule has 0 radical (unpaired) electrons. The quantitative estimate of drug-likeness (QED) is 0.0215. The van der Waals surface area contributed by atoms with Crippen molar-refractivity contribution in [2.45, 2.75) is 287 Å². The molecule has 67 heavy (non-hydrogen) atoms. The van der Waals surface area contributed by atoms with Gasteiger partial charge in [-0.1, -0.05) is 191 Å². The van der Waals surface area contributed by atoms with E-state index in [1.807, 2.05) is 0 Å². The highest BCUT2D eigenvalue weighted by molar-refractivity contribution is 5.80. The van der Waals surface area contributed by atoms with Crippen molar-refractivity contribution < 1.29 is 50.0 Å². The molecule has 392 valence electrons. The lowest BCUT2D eigenvalue weighted by Crippen LogP contribution is -2.60. The standard InChI is InChI=1S/C56H103NO10/c1-3-5-7-9-11-13-15-17-19-21-22-23-24-25-26-27-28-30-31-33-35-37-39-41-43-48(59)51(61)47(46-66-56-54(64)53(63)52(62)50(45-58)67-56)57-55(65)49(60)44-42-40-38-36-34-32-29-20-18-16-14-12-10-8-6-4-2/h18,20,24-25,28,30,35,37,47-54,56,58-64H,3-17,19,21-23,26-27,29,31-34,36,38-46H2,1-2H3,(H,57,65)/b20-18-,25-24+,30-28+,37-35+. The SMILES string of the molecule is CCCCCCCC/C=C\CCCCCCCCC(O)C(=O)NC(COC1OC(CO)C(O)C(O)C1O)C(O)C(O)CCC/C=C/CC/C=C/CC/C=C/CCCCCCCCCCCCC. The molecule has 11 nitrogen and oxygen atoms in total. The second kappa shape index (κ2) is 45.2. The van der Waals surface area contributed by atoms with E-state index in [1.165, 1.54) is 122 Å². The Labute approximate surface area is 409 Å². The van der Waals surface area contributed by atoms with E-state index in [1.54, 1.807) is 0 Å². The summed E-state index contributed by atoms with van der Waals surface area (Å²) < 4.78 is 11.1. The minimum atomic E-state index is -1.67. The molecule has 1 heterocycles. The van der Waals surface area contributed by atoms with E-state index in [0.717, 1.165) is 64.2 Å². The minimum absolute atomic E-state index is 0.239. The average Bonchev–Trinajstić information content (AvgIpc) is 3.33. The number of hydrogen-bond donors (Lipinski definition) is 8. The van der Waals surface area contributed by atoms with Crippen LogP contribution in [-0.4, -0.2) is 110 Å². The van der Waals surface area contributed by atoms with Crippen molar-refractivity contribution in [3.63, 3.8) is 0 Å². The van der Waals surface area contributed by atoms with Gasteiger partial charge in [-0.05, 0) is 89.9 Å². The molecule has 0 aromatic heterocycles. The van der Waals surface area contributed by atoms with Crippen molar-refractivity contribution in [3.05, 3.63) is 48.6 Å². The largest absolute Gasteiger partial charge is 0.394 e. The Morgan fingerprint density at radius 1 is 0.507 bits per heavy atom. The van der Waals surface area contributed by atoms with E-state index < -0.39 is 74.2 Å². The molecule has 1 saturated heterocycles. The summed E-state index contributed by atoms with van der Waals surface area (Å²) in [7, 11) is 0. The number of ether oxygens (including phenoxy) is 2. The molecule has 0 bridgehead atoms. The van der Waals surface area contributed by atoms with Crippen LogP contribution in [0.1, 0.15) is 232 Å². The third kappa shape index (κ3) is 34.1. The molecule has 0 aliphatic carbocycles. The third-order valence-electron chi connectivity index (χ3n) is 13.1. The van der Waals surface area contributed by atoms with Crippen molar-refractivity contribution in [2.75, 3.05) is 13.2 Å². The van der Waals surface area contributed by atoms with E-state index in [4.69, 9.17) is 9.47 Å². The second-order valence-corrected chi connectivity index (χ2v) is 19.3. The molecular weight excluding hydrogens is 847 g/mol. The summed E-state index contributed by atoms with van der Waals surface area (Å²) in [5.74, 6) is -0.718. The second-order valence-electron chi connectivity index (χ2n) is 19.3. The molecule has 0 aromatic carbocycles. The summed E-state index contributed by atoms with van der Waals surface area (Å²) in [6.07, 6.45) is 44.5. The zero-order chi connectivity index (χ0) is 49.0. The fraction of sp³-hybridized carbons (Fsp3) is 0.839. The van der Waals surface area contributed by atoms with Gasteiger partial charge in [-0.15, -0.1) is 0 Å². The molecule has 1 rings (SSSR count). The number of aliphatic hydroxyl groups is 7. The van der Waals surface area contributed by atoms with Crippen LogP contribution in [0.25, 0.3) is 0 Å². The molecule has 9 unspecified atom stereocenters. The summed E-state index contributed by atoms with van der Waals surface area (Å²) in [4.78, 5) is 13.1. The Bertz CT molecular complexity index is 1230. The number of allylic oxidation sites excluding steroid dienone is 8. The molecule has 0 spiro atoms. The van der Waals surface area contributed by atoms with Crippen molar-refractivity contribution in [2.24, 2.45) is 0 Å². The number of aliphatic hydroxyl groups excluding tert-OH is 7. The lowest BCUT2D eigenvalue weighted by atomic mass is 9.98. The highest BCUT2D eigenvalue weighted by Crippen LogP contribution is 2.23. The van der Waals surface area contributed by atoms with Gasteiger partial charge in [0.05, 0.1) is 25.4 Å². The summed E-state index contributed by atoms with van der Waals surface area (Å²) in [5, 5.41) is 75.9. The van der Waals surface area contributed by atoms with E-state index in [2.05, 4.69) is 67.8 Å². The first-order valence-corrected chi connectivity index (χ1v) is 27.5. The van der Waals surface area contributed by atoms with Crippen LogP contribution in [-0.2, 0) is 14.3 Å². The summed E-state index contributed by atoms with van der Waals surface area (Å²) in [5.41, 5.74) is 0. The maximum atomic E-state index is 13.1. The topological polar surface area (TPSA) is 189 Å². The number of amides is 1.